The first-order valence-corrected chi connectivity index (χ1v) is 9.70. The van der Waals surface area contributed by atoms with Gasteiger partial charge in [-0.15, -0.1) is 0 Å². The Balaban J connectivity index is 1.85. The molecule has 0 aliphatic carbocycles. The van der Waals surface area contributed by atoms with Gasteiger partial charge in [0.25, 0.3) is 0 Å². The number of benzene rings is 1. The van der Waals surface area contributed by atoms with Crippen LogP contribution in [0.3, 0.4) is 0 Å². The lowest BCUT2D eigenvalue weighted by atomic mass is 9.87. The molecule has 1 aromatic carbocycles. The highest BCUT2D eigenvalue weighted by molar-refractivity contribution is 5.94. The average molecular weight is 386 g/mol. The summed E-state index contributed by atoms with van der Waals surface area (Å²) in [4.78, 5) is 17.2. The monoisotopic (exact) mass is 386 g/mol. The SMILES string of the molecule is c1cncc(-c2cc(-c3cccnc3)c(-c3cccnc3)cc2-c2ccncc2)c1. The summed E-state index contributed by atoms with van der Waals surface area (Å²) in [6.07, 6.45) is 14.7. The van der Waals surface area contributed by atoms with Crippen molar-refractivity contribution in [1.82, 2.24) is 19.9 Å². The molecule has 4 aromatic heterocycles. The van der Waals surface area contributed by atoms with Crippen molar-refractivity contribution in [2.24, 2.45) is 0 Å². The summed E-state index contributed by atoms with van der Waals surface area (Å²) < 4.78 is 0. The molecule has 0 saturated carbocycles. The van der Waals surface area contributed by atoms with Crippen LogP contribution in [-0.2, 0) is 0 Å². The molecule has 0 amide bonds. The summed E-state index contributed by atoms with van der Waals surface area (Å²) in [7, 11) is 0. The molecule has 0 atom stereocenters. The Kier molecular flexibility index (Phi) is 4.80. The summed E-state index contributed by atoms with van der Waals surface area (Å²) in [5, 5.41) is 0. The molecule has 0 radical (unpaired) electrons. The van der Waals surface area contributed by atoms with E-state index in [1.807, 2.05) is 61.3 Å². The molecule has 0 saturated heterocycles. The number of aromatic nitrogens is 4. The largest absolute Gasteiger partial charge is 0.265 e. The normalized spacial score (nSPS) is 10.7. The van der Waals surface area contributed by atoms with Crippen molar-refractivity contribution in [1.29, 1.82) is 0 Å². The van der Waals surface area contributed by atoms with Gasteiger partial charge in [-0.3, -0.25) is 19.9 Å². The Morgan fingerprint density at radius 2 is 0.767 bits per heavy atom. The van der Waals surface area contributed by atoms with E-state index in [0.717, 1.165) is 44.5 Å². The van der Waals surface area contributed by atoms with E-state index in [-0.39, 0.29) is 0 Å². The van der Waals surface area contributed by atoms with Crippen molar-refractivity contribution in [2.75, 3.05) is 0 Å². The van der Waals surface area contributed by atoms with E-state index >= 15 is 0 Å². The van der Waals surface area contributed by atoms with E-state index in [2.05, 4.69) is 50.3 Å². The average Bonchev–Trinajstić information content (AvgIpc) is 2.85. The van der Waals surface area contributed by atoms with Gasteiger partial charge in [-0.25, -0.2) is 0 Å². The maximum Gasteiger partial charge on any atom is 0.0346 e. The third-order valence-corrected chi connectivity index (χ3v) is 5.07. The molecule has 4 heteroatoms. The van der Waals surface area contributed by atoms with E-state index in [4.69, 9.17) is 0 Å². The summed E-state index contributed by atoms with van der Waals surface area (Å²) in [5.41, 5.74) is 8.73. The number of rotatable bonds is 4. The van der Waals surface area contributed by atoms with Crippen LogP contribution in [-0.4, -0.2) is 19.9 Å². The molecule has 5 aromatic rings. The highest BCUT2D eigenvalue weighted by atomic mass is 14.6. The molecule has 0 unspecified atom stereocenters. The maximum atomic E-state index is 4.34. The number of nitrogens with zero attached hydrogens (tertiary/aromatic N) is 4. The fourth-order valence-corrected chi connectivity index (χ4v) is 3.65. The van der Waals surface area contributed by atoms with Crippen LogP contribution in [0.1, 0.15) is 0 Å². The van der Waals surface area contributed by atoms with Gasteiger partial charge < -0.3 is 0 Å². The first-order chi connectivity index (χ1) is 14.9. The summed E-state index contributed by atoms with van der Waals surface area (Å²) >= 11 is 0. The van der Waals surface area contributed by atoms with Crippen molar-refractivity contribution in [3.8, 4) is 44.5 Å². The van der Waals surface area contributed by atoms with E-state index < -0.39 is 0 Å². The minimum absolute atomic E-state index is 1.06. The van der Waals surface area contributed by atoms with E-state index in [1.165, 1.54) is 0 Å². The maximum absolute atomic E-state index is 4.34. The molecule has 0 bridgehead atoms. The van der Waals surface area contributed by atoms with E-state index in [0.29, 0.717) is 0 Å². The van der Waals surface area contributed by atoms with Crippen molar-refractivity contribution >= 4 is 0 Å². The lowest BCUT2D eigenvalue weighted by molar-refractivity contribution is 1.31. The molecule has 0 N–H and O–H groups in total. The topological polar surface area (TPSA) is 51.6 Å². The fourth-order valence-electron chi connectivity index (χ4n) is 3.65. The number of hydrogen-bond acceptors (Lipinski definition) is 4. The minimum Gasteiger partial charge on any atom is -0.265 e. The van der Waals surface area contributed by atoms with E-state index in [1.54, 1.807) is 18.6 Å². The van der Waals surface area contributed by atoms with Crippen LogP contribution in [0.4, 0.5) is 0 Å². The molecule has 5 rings (SSSR count). The molecule has 0 aliphatic rings. The quantitative estimate of drug-likeness (QED) is 0.384. The first kappa shape index (κ1) is 17.9. The lowest BCUT2D eigenvalue weighted by Crippen LogP contribution is -1.93. The van der Waals surface area contributed by atoms with Crippen molar-refractivity contribution in [3.05, 3.63) is 110 Å². The summed E-state index contributed by atoms with van der Waals surface area (Å²) in [6, 6.07) is 20.7. The van der Waals surface area contributed by atoms with Crippen LogP contribution in [0.2, 0.25) is 0 Å². The van der Waals surface area contributed by atoms with Gasteiger partial charge in [-0.1, -0.05) is 18.2 Å². The Morgan fingerprint density at radius 3 is 1.13 bits per heavy atom. The molecule has 4 nitrogen and oxygen atoms in total. The smallest absolute Gasteiger partial charge is 0.0346 e. The standard InChI is InChI=1S/C26H18N4/c1-4-20(16-28-9-1)24-15-26(22-6-3-11-30-18-22)25(21-5-2-10-29-17-21)14-23(24)19-7-12-27-13-8-19/h1-18H. The van der Waals surface area contributed by atoms with Gasteiger partial charge in [-0.2, -0.15) is 0 Å². The molecule has 0 spiro atoms. The molecular formula is C26H18N4. The third-order valence-electron chi connectivity index (χ3n) is 5.07. The molecule has 4 heterocycles. The summed E-state index contributed by atoms with van der Waals surface area (Å²) in [5.74, 6) is 0. The Bertz CT molecular complexity index is 1060. The minimum atomic E-state index is 1.06. The number of pyridine rings is 4. The molecule has 0 aliphatic heterocycles. The van der Waals surface area contributed by atoms with E-state index in [9.17, 15) is 0 Å². The zero-order chi connectivity index (χ0) is 20.2. The van der Waals surface area contributed by atoms with Crippen LogP contribution in [0, 0.1) is 0 Å². The van der Waals surface area contributed by atoms with Gasteiger partial charge in [0.05, 0.1) is 0 Å². The Labute approximate surface area is 175 Å². The Morgan fingerprint density at radius 1 is 0.367 bits per heavy atom. The zero-order valence-electron chi connectivity index (χ0n) is 16.2. The predicted octanol–water partition coefficient (Wildman–Crippen LogP) is 5.93. The summed E-state index contributed by atoms with van der Waals surface area (Å²) in [6.45, 7) is 0. The van der Waals surface area contributed by atoms with Gasteiger partial charge in [0.1, 0.15) is 0 Å². The second-order valence-corrected chi connectivity index (χ2v) is 6.90. The second-order valence-electron chi connectivity index (χ2n) is 6.90. The van der Waals surface area contributed by atoms with Gasteiger partial charge >= 0.3 is 0 Å². The van der Waals surface area contributed by atoms with Gasteiger partial charge in [0, 0.05) is 66.3 Å². The molecule has 142 valence electrons. The van der Waals surface area contributed by atoms with Crippen molar-refractivity contribution < 1.29 is 0 Å². The van der Waals surface area contributed by atoms with Crippen LogP contribution < -0.4 is 0 Å². The molecule has 0 fully saturated rings. The number of hydrogen-bond donors (Lipinski definition) is 0. The lowest BCUT2D eigenvalue weighted by Gasteiger charge is -2.17. The second kappa shape index (κ2) is 8.05. The highest BCUT2D eigenvalue weighted by Crippen LogP contribution is 2.41. The molecule has 30 heavy (non-hydrogen) atoms. The predicted molar refractivity (Wildman–Crippen MR) is 119 cm³/mol. The highest BCUT2D eigenvalue weighted by Gasteiger charge is 2.16. The van der Waals surface area contributed by atoms with Gasteiger partial charge in [0.2, 0.25) is 0 Å². The zero-order valence-corrected chi connectivity index (χ0v) is 16.2. The van der Waals surface area contributed by atoms with Crippen LogP contribution in [0.25, 0.3) is 44.5 Å². The van der Waals surface area contributed by atoms with Crippen molar-refractivity contribution in [3.63, 3.8) is 0 Å². The van der Waals surface area contributed by atoms with Crippen LogP contribution >= 0.6 is 0 Å². The third kappa shape index (κ3) is 3.47. The first-order valence-electron chi connectivity index (χ1n) is 9.70. The fraction of sp³-hybridized carbons (Fsp3) is 0. The van der Waals surface area contributed by atoms with Gasteiger partial charge in [-0.05, 0) is 70.3 Å². The Hall–Kier alpha value is -4.18. The molecular weight excluding hydrogens is 368 g/mol. The van der Waals surface area contributed by atoms with Crippen LogP contribution in [0.5, 0.6) is 0 Å². The van der Waals surface area contributed by atoms with Gasteiger partial charge in [0.15, 0.2) is 0 Å². The van der Waals surface area contributed by atoms with Crippen molar-refractivity contribution in [2.45, 2.75) is 0 Å². The van der Waals surface area contributed by atoms with Crippen LogP contribution in [0.15, 0.2) is 110 Å².